The quantitative estimate of drug-likeness (QED) is 0.518. The van der Waals surface area contributed by atoms with E-state index in [1.165, 1.54) is 17.4 Å². The second-order valence-corrected chi connectivity index (χ2v) is 6.77. The molecule has 0 spiro atoms. The van der Waals surface area contributed by atoms with Crippen LogP contribution in [-0.4, -0.2) is 16.7 Å². The van der Waals surface area contributed by atoms with E-state index in [9.17, 15) is 9.59 Å². The van der Waals surface area contributed by atoms with Crippen molar-refractivity contribution in [3.63, 3.8) is 0 Å². The minimum Gasteiger partial charge on any atom is -0.298 e. The maximum atomic E-state index is 12.4. The lowest BCUT2D eigenvalue weighted by Gasteiger charge is -2.04. The number of thiazole rings is 1. The lowest BCUT2D eigenvalue weighted by atomic mass is 10.00. The number of hydrogen-bond acceptors (Lipinski definition) is 4. The molecule has 0 aliphatic heterocycles. The van der Waals surface area contributed by atoms with Crippen LogP contribution < -0.4 is 5.32 Å². The Morgan fingerprint density at radius 1 is 1.15 bits per heavy atom. The van der Waals surface area contributed by atoms with Crippen LogP contribution in [-0.2, 0) is 11.2 Å². The zero-order chi connectivity index (χ0) is 18.4. The zero-order valence-electron chi connectivity index (χ0n) is 14.3. The fourth-order valence-corrected chi connectivity index (χ4v) is 3.05. The largest absolute Gasteiger partial charge is 0.298 e. The lowest BCUT2D eigenvalue weighted by Crippen LogP contribution is -2.07. The lowest BCUT2D eigenvalue weighted by molar-refractivity contribution is -0.111. The third kappa shape index (κ3) is 4.97. The monoisotopic (exact) mass is 362 g/mol. The number of carbonyl (C=O) groups excluding carboxylic acids is 2. The minimum atomic E-state index is -0.235. The first-order valence-corrected chi connectivity index (χ1v) is 9.05. The molecule has 0 saturated carbocycles. The standard InChI is InChI=1S/C21H18N2O2S/c1-15-4-2-7-18(12-15)19(24)14-17-6-3-5-16(13-17)8-9-20(25)23-21-22-10-11-26-21/h2-13H,14H2,1H3,(H,22,23,25)/b9-8+. The van der Waals surface area contributed by atoms with E-state index in [1.807, 2.05) is 55.5 Å². The van der Waals surface area contributed by atoms with Gasteiger partial charge in [0.25, 0.3) is 0 Å². The Morgan fingerprint density at radius 3 is 2.77 bits per heavy atom. The molecule has 4 nitrogen and oxygen atoms in total. The van der Waals surface area contributed by atoms with Crippen molar-refractivity contribution in [2.75, 3.05) is 5.32 Å². The SMILES string of the molecule is Cc1cccc(C(=O)Cc2cccc(/C=C/C(=O)Nc3nccs3)c2)c1. The topological polar surface area (TPSA) is 59.1 Å². The van der Waals surface area contributed by atoms with E-state index in [-0.39, 0.29) is 11.7 Å². The number of Topliss-reactive ketones (excluding diaryl/α,β-unsaturated/α-hetero) is 1. The molecule has 2 aromatic carbocycles. The summed E-state index contributed by atoms with van der Waals surface area (Å²) in [6.45, 7) is 1.97. The van der Waals surface area contributed by atoms with E-state index in [1.54, 1.807) is 17.7 Å². The maximum absolute atomic E-state index is 12.4. The van der Waals surface area contributed by atoms with Crippen molar-refractivity contribution in [1.82, 2.24) is 4.98 Å². The third-order valence-corrected chi connectivity index (χ3v) is 4.43. The molecule has 130 valence electrons. The van der Waals surface area contributed by atoms with Crippen molar-refractivity contribution in [3.8, 4) is 0 Å². The van der Waals surface area contributed by atoms with E-state index in [0.717, 1.165) is 16.7 Å². The Balaban J connectivity index is 1.65. The average molecular weight is 362 g/mol. The van der Waals surface area contributed by atoms with E-state index >= 15 is 0 Å². The summed E-state index contributed by atoms with van der Waals surface area (Å²) in [6.07, 6.45) is 5.15. The summed E-state index contributed by atoms with van der Waals surface area (Å²) < 4.78 is 0. The molecule has 1 heterocycles. The van der Waals surface area contributed by atoms with Gasteiger partial charge in [-0.05, 0) is 30.2 Å². The van der Waals surface area contributed by atoms with Gasteiger partial charge in [-0.1, -0.05) is 48.0 Å². The Morgan fingerprint density at radius 2 is 2.00 bits per heavy atom. The van der Waals surface area contributed by atoms with Gasteiger partial charge in [0.1, 0.15) is 0 Å². The second kappa shape index (κ2) is 8.36. The number of aromatic nitrogens is 1. The first kappa shape index (κ1) is 17.8. The molecular formula is C21H18N2O2S. The number of hydrogen-bond donors (Lipinski definition) is 1. The molecule has 5 heteroatoms. The van der Waals surface area contributed by atoms with Gasteiger partial charge in [-0.2, -0.15) is 0 Å². The number of benzene rings is 2. The Hall–Kier alpha value is -3.05. The Labute approximate surface area is 156 Å². The second-order valence-electron chi connectivity index (χ2n) is 5.87. The summed E-state index contributed by atoms with van der Waals surface area (Å²) in [5.74, 6) is -0.155. The van der Waals surface area contributed by atoms with Gasteiger partial charge < -0.3 is 0 Å². The van der Waals surface area contributed by atoms with Crippen LogP contribution in [0.3, 0.4) is 0 Å². The molecule has 3 rings (SSSR count). The normalized spacial score (nSPS) is 10.8. The van der Waals surface area contributed by atoms with Crippen molar-refractivity contribution in [3.05, 3.63) is 88.4 Å². The highest BCUT2D eigenvalue weighted by atomic mass is 32.1. The van der Waals surface area contributed by atoms with E-state index in [0.29, 0.717) is 17.1 Å². The Kier molecular flexibility index (Phi) is 5.71. The molecule has 0 fully saturated rings. The molecule has 0 bridgehead atoms. The van der Waals surface area contributed by atoms with Crippen LogP contribution in [0.4, 0.5) is 5.13 Å². The highest BCUT2D eigenvalue weighted by Crippen LogP contribution is 2.13. The van der Waals surface area contributed by atoms with Crippen LogP contribution >= 0.6 is 11.3 Å². The van der Waals surface area contributed by atoms with Gasteiger partial charge in [0.2, 0.25) is 5.91 Å². The minimum absolute atomic E-state index is 0.0799. The molecular weight excluding hydrogens is 344 g/mol. The van der Waals surface area contributed by atoms with E-state index in [2.05, 4.69) is 10.3 Å². The van der Waals surface area contributed by atoms with Crippen molar-refractivity contribution in [2.45, 2.75) is 13.3 Å². The van der Waals surface area contributed by atoms with Gasteiger partial charge in [-0.25, -0.2) is 4.98 Å². The fraction of sp³-hybridized carbons (Fsp3) is 0.0952. The van der Waals surface area contributed by atoms with Crippen molar-refractivity contribution in [1.29, 1.82) is 0 Å². The first-order chi connectivity index (χ1) is 12.6. The van der Waals surface area contributed by atoms with Crippen molar-refractivity contribution >= 4 is 34.2 Å². The van der Waals surface area contributed by atoms with Gasteiger partial charge in [-0.3, -0.25) is 14.9 Å². The molecule has 0 saturated heterocycles. The molecule has 3 aromatic rings. The van der Waals surface area contributed by atoms with Crippen LogP contribution in [0.1, 0.15) is 27.0 Å². The van der Waals surface area contributed by atoms with Crippen LogP contribution in [0.2, 0.25) is 0 Å². The van der Waals surface area contributed by atoms with Crippen LogP contribution in [0.25, 0.3) is 6.08 Å². The van der Waals surface area contributed by atoms with Crippen LogP contribution in [0.15, 0.2) is 66.2 Å². The first-order valence-electron chi connectivity index (χ1n) is 8.17. The van der Waals surface area contributed by atoms with Gasteiger partial charge >= 0.3 is 0 Å². The smallest absolute Gasteiger partial charge is 0.250 e. The molecule has 1 aromatic heterocycles. The number of nitrogens with one attached hydrogen (secondary N) is 1. The maximum Gasteiger partial charge on any atom is 0.250 e. The van der Waals surface area contributed by atoms with Gasteiger partial charge in [-0.15, -0.1) is 11.3 Å². The van der Waals surface area contributed by atoms with Gasteiger partial charge in [0.05, 0.1) is 0 Å². The van der Waals surface area contributed by atoms with E-state index in [4.69, 9.17) is 0 Å². The number of aryl methyl sites for hydroxylation is 1. The molecule has 0 aliphatic rings. The summed E-state index contributed by atoms with van der Waals surface area (Å²) in [7, 11) is 0. The molecule has 0 unspecified atom stereocenters. The van der Waals surface area contributed by atoms with Crippen LogP contribution in [0.5, 0.6) is 0 Å². The van der Waals surface area contributed by atoms with E-state index < -0.39 is 0 Å². The summed E-state index contributed by atoms with van der Waals surface area (Å²) in [4.78, 5) is 28.3. The molecule has 0 aliphatic carbocycles. The highest BCUT2D eigenvalue weighted by molar-refractivity contribution is 7.13. The fourth-order valence-electron chi connectivity index (χ4n) is 2.52. The number of anilines is 1. The van der Waals surface area contributed by atoms with Gasteiger partial charge in [0.15, 0.2) is 10.9 Å². The molecule has 1 N–H and O–H groups in total. The Bertz CT molecular complexity index is 946. The van der Waals surface area contributed by atoms with Gasteiger partial charge in [0, 0.05) is 29.6 Å². The zero-order valence-corrected chi connectivity index (χ0v) is 15.1. The number of rotatable bonds is 6. The number of nitrogens with zero attached hydrogens (tertiary/aromatic N) is 1. The highest BCUT2D eigenvalue weighted by Gasteiger charge is 2.07. The number of amides is 1. The predicted molar refractivity (Wildman–Crippen MR) is 105 cm³/mol. The summed E-state index contributed by atoms with van der Waals surface area (Å²) in [6, 6.07) is 15.2. The predicted octanol–water partition coefficient (Wildman–Crippen LogP) is 4.53. The third-order valence-electron chi connectivity index (χ3n) is 3.75. The summed E-state index contributed by atoms with van der Waals surface area (Å²) in [5, 5.41) is 5.06. The van der Waals surface area contributed by atoms with Crippen molar-refractivity contribution < 1.29 is 9.59 Å². The summed E-state index contributed by atoms with van der Waals surface area (Å²) in [5.41, 5.74) is 3.57. The van der Waals surface area contributed by atoms with Crippen LogP contribution in [0, 0.1) is 6.92 Å². The average Bonchev–Trinajstić information content (AvgIpc) is 3.13. The van der Waals surface area contributed by atoms with Crippen molar-refractivity contribution in [2.24, 2.45) is 0 Å². The number of carbonyl (C=O) groups is 2. The molecule has 0 radical (unpaired) electrons. The summed E-state index contributed by atoms with van der Waals surface area (Å²) >= 11 is 1.37. The molecule has 26 heavy (non-hydrogen) atoms. The molecule has 0 atom stereocenters. The molecule has 1 amide bonds. The number of ketones is 1.